The van der Waals surface area contributed by atoms with Gasteiger partial charge in [0.05, 0.1) is 12.7 Å². The molecule has 72 valence electrons. The van der Waals surface area contributed by atoms with Gasteiger partial charge >= 0.3 is 0 Å². The zero-order valence-corrected chi connectivity index (χ0v) is 8.55. The number of hydrogen-bond donors (Lipinski definition) is 0. The molecule has 1 aliphatic heterocycles. The van der Waals surface area contributed by atoms with E-state index in [1.165, 1.54) is 13.0 Å². The Morgan fingerprint density at radius 2 is 2.17 bits per heavy atom. The zero-order chi connectivity index (χ0) is 8.97. The van der Waals surface area contributed by atoms with E-state index in [2.05, 4.69) is 25.7 Å². The second kappa shape index (κ2) is 4.83. The maximum absolute atomic E-state index is 5.67. The Labute approximate surface area is 75.9 Å². The van der Waals surface area contributed by atoms with Crippen molar-refractivity contribution in [3.05, 3.63) is 0 Å². The molecule has 2 atom stereocenters. The SMILES string of the molecule is CCCN1CCOC(CC)C1C. The summed E-state index contributed by atoms with van der Waals surface area (Å²) >= 11 is 0. The van der Waals surface area contributed by atoms with E-state index >= 15 is 0 Å². The van der Waals surface area contributed by atoms with Gasteiger partial charge in [-0.15, -0.1) is 0 Å². The Hall–Kier alpha value is -0.0800. The summed E-state index contributed by atoms with van der Waals surface area (Å²) in [5.41, 5.74) is 0. The standard InChI is InChI=1S/C10H21NO/c1-4-6-11-7-8-12-10(5-2)9(11)3/h9-10H,4-8H2,1-3H3. The lowest BCUT2D eigenvalue weighted by Gasteiger charge is -2.38. The van der Waals surface area contributed by atoms with Gasteiger partial charge in [0.2, 0.25) is 0 Å². The van der Waals surface area contributed by atoms with Crippen molar-refractivity contribution in [2.24, 2.45) is 0 Å². The van der Waals surface area contributed by atoms with E-state index in [9.17, 15) is 0 Å². The summed E-state index contributed by atoms with van der Waals surface area (Å²) in [6.07, 6.45) is 2.85. The molecule has 0 bridgehead atoms. The van der Waals surface area contributed by atoms with Crippen molar-refractivity contribution in [3.8, 4) is 0 Å². The summed E-state index contributed by atoms with van der Waals surface area (Å²) in [5.74, 6) is 0. The summed E-state index contributed by atoms with van der Waals surface area (Å²) in [5, 5.41) is 0. The summed E-state index contributed by atoms with van der Waals surface area (Å²) < 4.78 is 5.67. The van der Waals surface area contributed by atoms with Crippen LogP contribution in [0.5, 0.6) is 0 Å². The molecule has 0 aromatic rings. The molecule has 2 heteroatoms. The molecular formula is C10H21NO. The van der Waals surface area contributed by atoms with Crippen molar-refractivity contribution in [1.82, 2.24) is 4.90 Å². The molecule has 0 aromatic carbocycles. The first-order valence-corrected chi connectivity index (χ1v) is 5.15. The Morgan fingerprint density at radius 3 is 2.75 bits per heavy atom. The molecule has 0 N–H and O–H groups in total. The molecule has 0 aromatic heterocycles. The molecule has 1 rings (SSSR count). The zero-order valence-electron chi connectivity index (χ0n) is 8.55. The van der Waals surface area contributed by atoms with Crippen LogP contribution in [0.2, 0.25) is 0 Å². The van der Waals surface area contributed by atoms with E-state index in [0.29, 0.717) is 12.1 Å². The molecule has 2 nitrogen and oxygen atoms in total. The summed E-state index contributed by atoms with van der Waals surface area (Å²) in [6.45, 7) is 9.98. The van der Waals surface area contributed by atoms with Crippen LogP contribution in [0.1, 0.15) is 33.6 Å². The molecule has 1 aliphatic rings. The summed E-state index contributed by atoms with van der Waals surface area (Å²) in [6, 6.07) is 0.615. The van der Waals surface area contributed by atoms with Crippen molar-refractivity contribution < 1.29 is 4.74 Å². The van der Waals surface area contributed by atoms with Crippen molar-refractivity contribution in [1.29, 1.82) is 0 Å². The van der Waals surface area contributed by atoms with Crippen LogP contribution in [0.25, 0.3) is 0 Å². The number of nitrogens with zero attached hydrogens (tertiary/aromatic N) is 1. The maximum atomic E-state index is 5.67. The fourth-order valence-electron chi connectivity index (χ4n) is 1.96. The van der Waals surface area contributed by atoms with Gasteiger partial charge in [0.15, 0.2) is 0 Å². The predicted molar refractivity (Wildman–Crippen MR) is 51.4 cm³/mol. The van der Waals surface area contributed by atoms with Crippen molar-refractivity contribution in [2.75, 3.05) is 19.7 Å². The molecule has 2 unspecified atom stereocenters. The molecule has 1 fully saturated rings. The first kappa shape index (κ1) is 10.0. The van der Waals surface area contributed by atoms with Gasteiger partial charge in [-0.3, -0.25) is 4.90 Å². The van der Waals surface area contributed by atoms with Gasteiger partial charge < -0.3 is 4.74 Å². The third-order valence-corrected chi connectivity index (χ3v) is 2.74. The number of rotatable bonds is 3. The van der Waals surface area contributed by atoms with E-state index in [4.69, 9.17) is 4.74 Å². The van der Waals surface area contributed by atoms with Crippen molar-refractivity contribution in [2.45, 2.75) is 45.8 Å². The van der Waals surface area contributed by atoms with Gasteiger partial charge in [0.1, 0.15) is 0 Å². The van der Waals surface area contributed by atoms with Crippen molar-refractivity contribution >= 4 is 0 Å². The molecule has 1 heterocycles. The minimum Gasteiger partial charge on any atom is -0.375 e. The lowest BCUT2D eigenvalue weighted by atomic mass is 10.1. The van der Waals surface area contributed by atoms with Gasteiger partial charge in [-0.1, -0.05) is 13.8 Å². The smallest absolute Gasteiger partial charge is 0.0725 e. The van der Waals surface area contributed by atoms with Crippen LogP contribution in [0, 0.1) is 0 Å². The Bertz CT molecular complexity index is 125. The predicted octanol–water partition coefficient (Wildman–Crippen LogP) is 1.90. The first-order valence-electron chi connectivity index (χ1n) is 5.15. The van der Waals surface area contributed by atoms with Gasteiger partial charge in [0.25, 0.3) is 0 Å². The van der Waals surface area contributed by atoms with Gasteiger partial charge in [0, 0.05) is 12.6 Å². The van der Waals surface area contributed by atoms with Gasteiger partial charge in [-0.05, 0) is 26.3 Å². The van der Waals surface area contributed by atoms with E-state index in [1.54, 1.807) is 0 Å². The number of hydrogen-bond acceptors (Lipinski definition) is 2. The minimum atomic E-state index is 0.463. The molecule has 0 aliphatic carbocycles. The Morgan fingerprint density at radius 1 is 1.42 bits per heavy atom. The van der Waals surface area contributed by atoms with E-state index < -0.39 is 0 Å². The molecule has 0 radical (unpaired) electrons. The molecule has 0 spiro atoms. The maximum Gasteiger partial charge on any atom is 0.0725 e. The summed E-state index contributed by atoms with van der Waals surface area (Å²) in [7, 11) is 0. The first-order chi connectivity index (χ1) is 5.79. The third kappa shape index (κ3) is 2.20. The Balaban J connectivity index is 2.41. The molecule has 0 amide bonds. The molecular weight excluding hydrogens is 150 g/mol. The van der Waals surface area contributed by atoms with E-state index in [1.807, 2.05) is 0 Å². The van der Waals surface area contributed by atoms with Crippen LogP contribution in [-0.2, 0) is 4.74 Å². The average molecular weight is 171 g/mol. The van der Waals surface area contributed by atoms with Crippen LogP contribution in [0.3, 0.4) is 0 Å². The van der Waals surface area contributed by atoms with Gasteiger partial charge in [-0.2, -0.15) is 0 Å². The Kier molecular flexibility index (Phi) is 4.02. The molecule has 12 heavy (non-hydrogen) atoms. The van der Waals surface area contributed by atoms with Crippen LogP contribution < -0.4 is 0 Å². The second-order valence-electron chi connectivity index (χ2n) is 3.59. The number of ether oxygens (including phenoxy) is 1. The van der Waals surface area contributed by atoms with E-state index in [0.717, 1.165) is 19.6 Å². The largest absolute Gasteiger partial charge is 0.375 e. The quantitative estimate of drug-likeness (QED) is 0.643. The average Bonchev–Trinajstić information content (AvgIpc) is 2.09. The number of morpholine rings is 1. The fraction of sp³-hybridized carbons (Fsp3) is 1.00. The third-order valence-electron chi connectivity index (χ3n) is 2.74. The topological polar surface area (TPSA) is 12.5 Å². The second-order valence-corrected chi connectivity index (χ2v) is 3.59. The molecule has 0 saturated carbocycles. The highest BCUT2D eigenvalue weighted by atomic mass is 16.5. The summed E-state index contributed by atoms with van der Waals surface area (Å²) in [4.78, 5) is 2.54. The monoisotopic (exact) mass is 171 g/mol. The highest BCUT2D eigenvalue weighted by Gasteiger charge is 2.26. The van der Waals surface area contributed by atoms with Crippen LogP contribution in [-0.4, -0.2) is 36.7 Å². The minimum absolute atomic E-state index is 0.463. The highest BCUT2D eigenvalue weighted by molar-refractivity contribution is 4.79. The lowest BCUT2D eigenvalue weighted by molar-refractivity contribution is -0.0656. The highest BCUT2D eigenvalue weighted by Crippen LogP contribution is 2.16. The molecule has 1 saturated heterocycles. The van der Waals surface area contributed by atoms with Crippen LogP contribution in [0.15, 0.2) is 0 Å². The van der Waals surface area contributed by atoms with Crippen LogP contribution in [0.4, 0.5) is 0 Å². The normalized spacial score (nSPS) is 32.2. The van der Waals surface area contributed by atoms with Crippen LogP contribution >= 0.6 is 0 Å². The fourth-order valence-corrected chi connectivity index (χ4v) is 1.96. The lowest BCUT2D eigenvalue weighted by Crippen LogP contribution is -2.49. The van der Waals surface area contributed by atoms with E-state index in [-0.39, 0.29) is 0 Å². The van der Waals surface area contributed by atoms with Crippen molar-refractivity contribution in [3.63, 3.8) is 0 Å². The van der Waals surface area contributed by atoms with Gasteiger partial charge in [-0.25, -0.2) is 0 Å².